The van der Waals surface area contributed by atoms with Crippen molar-refractivity contribution in [2.45, 2.75) is 51.6 Å². The Morgan fingerprint density at radius 1 is 1.53 bits per heavy atom. The average molecular weight is 242 g/mol. The van der Waals surface area contributed by atoms with Crippen LogP contribution in [0.4, 0.5) is 0 Å². The minimum absolute atomic E-state index is 0.0223. The Bertz CT molecular complexity index is 291. The Morgan fingerprint density at radius 2 is 2.18 bits per heavy atom. The van der Waals surface area contributed by atoms with E-state index in [2.05, 4.69) is 0 Å². The molecule has 3 atom stereocenters. The largest absolute Gasteiger partial charge is 0.480 e. The maximum Gasteiger partial charge on any atom is 0.326 e. The number of likely N-dealkylation sites (tertiary alicyclic amines) is 1. The summed E-state index contributed by atoms with van der Waals surface area (Å²) >= 11 is 0. The molecule has 0 radical (unpaired) electrons. The highest BCUT2D eigenvalue weighted by atomic mass is 16.4. The lowest BCUT2D eigenvalue weighted by molar-refractivity contribution is -0.153. The maximum atomic E-state index is 11.9. The van der Waals surface area contributed by atoms with Crippen LogP contribution in [-0.4, -0.2) is 40.5 Å². The van der Waals surface area contributed by atoms with Gasteiger partial charge < -0.3 is 15.7 Å². The Labute approximate surface area is 102 Å². The lowest BCUT2D eigenvalue weighted by atomic mass is 9.92. The summed E-state index contributed by atoms with van der Waals surface area (Å²) in [5, 5.41) is 9.13. The van der Waals surface area contributed by atoms with Crippen LogP contribution in [0.25, 0.3) is 0 Å². The molecule has 98 valence electrons. The Kier molecular flexibility index (Phi) is 4.93. The normalized spacial score (nSPS) is 26.6. The molecule has 0 aromatic rings. The summed E-state index contributed by atoms with van der Waals surface area (Å²) in [6, 6.07) is -0.676. The average Bonchev–Trinajstić information content (AvgIpc) is 2.25. The van der Waals surface area contributed by atoms with E-state index < -0.39 is 12.0 Å². The molecule has 0 aromatic heterocycles. The van der Waals surface area contributed by atoms with Crippen molar-refractivity contribution in [3.8, 4) is 0 Å². The number of hydrogen-bond acceptors (Lipinski definition) is 3. The van der Waals surface area contributed by atoms with Crippen LogP contribution < -0.4 is 5.73 Å². The van der Waals surface area contributed by atoms with Crippen LogP contribution in [0.3, 0.4) is 0 Å². The van der Waals surface area contributed by atoms with Crippen LogP contribution in [-0.2, 0) is 9.59 Å². The molecule has 1 fully saturated rings. The van der Waals surface area contributed by atoms with Gasteiger partial charge in [0, 0.05) is 19.0 Å². The van der Waals surface area contributed by atoms with Crippen molar-refractivity contribution >= 4 is 11.9 Å². The van der Waals surface area contributed by atoms with Gasteiger partial charge in [0.15, 0.2) is 0 Å². The third-order valence-corrected chi connectivity index (χ3v) is 3.28. The molecule has 1 amide bonds. The number of hydrogen-bond donors (Lipinski definition) is 2. The van der Waals surface area contributed by atoms with Crippen molar-refractivity contribution in [3.05, 3.63) is 0 Å². The third kappa shape index (κ3) is 4.00. The predicted molar refractivity (Wildman–Crippen MR) is 64.4 cm³/mol. The molecule has 0 aliphatic carbocycles. The SMILES string of the molecule is CC(N)CCC(=O)N1CCC(C)CC1C(=O)O. The lowest BCUT2D eigenvalue weighted by Gasteiger charge is -2.36. The fraction of sp³-hybridized carbons (Fsp3) is 0.833. The predicted octanol–water partition coefficient (Wildman–Crippen LogP) is 0.825. The molecule has 5 nitrogen and oxygen atoms in total. The molecule has 3 unspecified atom stereocenters. The standard InChI is InChI=1S/C12H22N2O3/c1-8-5-6-14(10(7-8)12(16)17)11(15)4-3-9(2)13/h8-10H,3-7,13H2,1-2H3,(H,16,17). The highest BCUT2D eigenvalue weighted by molar-refractivity contribution is 5.83. The van der Waals surface area contributed by atoms with E-state index in [1.165, 1.54) is 4.90 Å². The number of aliphatic carboxylic acids is 1. The van der Waals surface area contributed by atoms with Gasteiger partial charge in [0.25, 0.3) is 0 Å². The van der Waals surface area contributed by atoms with Crippen LogP contribution in [0.1, 0.15) is 39.5 Å². The fourth-order valence-electron chi connectivity index (χ4n) is 2.17. The van der Waals surface area contributed by atoms with Gasteiger partial charge in [-0.3, -0.25) is 4.79 Å². The quantitative estimate of drug-likeness (QED) is 0.764. The highest BCUT2D eigenvalue weighted by Crippen LogP contribution is 2.23. The minimum Gasteiger partial charge on any atom is -0.480 e. The zero-order chi connectivity index (χ0) is 13.0. The van der Waals surface area contributed by atoms with Gasteiger partial charge in [-0.1, -0.05) is 6.92 Å². The fourth-order valence-corrected chi connectivity index (χ4v) is 2.17. The Hall–Kier alpha value is -1.10. The number of carboxylic acid groups (broad SMARTS) is 1. The molecule has 1 rings (SSSR count). The molecule has 3 N–H and O–H groups in total. The van der Waals surface area contributed by atoms with E-state index in [-0.39, 0.29) is 11.9 Å². The van der Waals surface area contributed by atoms with Crippen LogP contribution in [0.15, 0.2) is 0 Å². The van der Waals surface area contributed by atoms with E-state index in [0.29, 0.717) is 31.7 Å². The first kappa shape index (κ1) is 14.0. The molecule has 0 saturated carbocycles. The van der Waals surface area contributed by atoms with Crippen molar-refractivity contribution in [3.63, 3.8) is 0 Å². The highest BCUT2D eigenvalue weighted by Gasteiger charge is 2.34. The van der Waals surface area contributed by atoms with Crippen LogP contribution in [0.2, 0.25) is 0 Å². The van der Waals surface area contributed by atoms with Gasteiger partial charge in [0.05, 0.1) is 0 Å². The Balaban J connectivity index is 2.60. The van der Waals surface area contributed by atoms with Gasteiger partial charge in [-0.25, -0.2) is 4.79 Å². The maximum absolute atomic E-state index is 11.9. The number of nitrogens with zero attached hydrogens (tertiary/aromatic N) is 1. The van der Waals surface area contributed by atoms with Crippen molar-refractivity contribution in [1.29, 1.82) is 0 Å². The molecule has 1 saturated heterocycles. The number of carbonyl (C=O) groups excluding carboxylic acids is 1. The number of nitrogens with two attached hydrogens (primary N) is 1. The molecule has 0 aromatic carbocycles. The lowest BCUT2D eigenvalue weighted by Crippen LogP contribution is -2.49. The van der Waals surface area contributed by atoms with Crippen molar-refractivity contribution < 1.29 is 14.7 Å². The second kappa shape index (κ2) is 6.00. The van der Waals surface area contributed by atoms with Gasteiger partial charge in [0.1, 0.15) is 6.04 Å². The third-order valence-electron chi connectivity index (χ3n) is 3.28. The van der Waals surface area contributed by atoms with Crippen molar-refractivity contribution in [2.24, 2.45) is 11.7 Å². The summed E-state index contributed by atoms with van der Waals surface area (Å²) in [5.41, 5.74) is 5.60. The minimum atomic E-state index is -0.898. The van der Waals surface area contributed by atoms with E-state index in [1.807, 2.05) is 13.8 Å². The molecular weight excluding hydrogens is 220 g/mol. The summed E-state index contributed by atoms with van der Waals surface area (Å²) in [6.07, 6.45) is 2.39. The molecule has 5 heteroatoms. The molecule has 0 bridgehead atoms. The summed E-state index contributed by atoms with van der Waals surface area (Å²) < 4.78 is 0. The first-order chi connectivity index (χ1) is 7.91. The van der Waals surface area contributed by atoms with Gasteiger partial charge in [-0.2, -0.15) is 0 Å². The van der Waals surface area contributed by atoms with E-state index in [0.717, 1.165) is 6.42 Å². The van der Waals surface area contributed by atoms with Crippen molar-refractivity contribution in [2.75, 3.05) is 6.54 Å². The Morgan fingerprint density at radius 3 is 2.71 bits per heavy atom. The van der Waals surface area contributed by atoms with Crippen molar-refractivity contribution in [1.82, 2.24) is 4.90 Å². The second-order valence-electron chi connectivity index (χ2n) is 5.09. The van der Waals surface area contributed by atoms with Gasteiger partial charge in [0.2, 0.25) is 5.91 Å². The summed E-state index contributed by atoms with van der Waals surface area (Å²) in [7, 11) is 0. The van der Waals surface area contributed by atoms with Gasteiger partial charge in [-0.15, -0.1) is 0 Å². The number of piperidine rings is 1. The van der Waals surface area contributed by atoms with Crippen LogP contribution in [0, 0.1) is 5.92 Å². The molecule has 17 heavy (non-hydrogen) atoms. The van der Waals surface area contributed by atoms with E-state index in [4.69, 9.17) is 10.8 Å². The first-order valence-corrected chi connectivity index (χ1v) is 6.19. The number of carbonyl (C=O) groups is 2. The molecule has 0 spiro atoms. The van der Waals surface area contributed by atoms with E-state index >= 15 is 0 Å². The number of rotatable bonds is 4. The van der Waals surface area contributed by atoms with E-state index in [1.54, 1.807) is 0 Å². The smallest absolute Gasteiger partial charge is 0.326 e. The zero-order valence-electron chi connectivity index (χ0n) is 10.6. The molecular formula is C12H22N2O3. The van der Waals surface area contributed by atoms with Gasteiger partial charge in [-0.05, 0) is 32.1 Å². The second-order valence-corrected chi connectivity index (χ2v) is 5.09. The van der Waals surface area contributed by atoms with E-state index in [9.17, 15) is 9.59 Å². The summed E-state index contributed by atoms with van der Waals surface area (Å²) in [5.74, 6) is -0.610. The number of carboxylic acids is 1. The topological polar surface area (TPSA) is 83.6 Å². The summed E-state index contributed by atoms with van der Waals surface area (Å²) in [4.78, 5) is 24.6. The zero-order valence-corrected chi connectivity index (χ0v) is 10.6. The molecule has 1 aliphatic heterocycles. The molecule has 1 heterocycles. The van der Waals surface area contributed by atoms with Crippen LogP contribution in [0.5, 0.6) is 0 Å². The molecule has 1 aliphatic rings. The first-order valence-electron chi connectivity index (χ1n) is 6.19. The number of amides is 1. The van der Waals surface area contributed by atoms with Gasteiger partial charge >= 0.3 is 5.97 Å². The summed E-state index contributed by atoms with van der Waals surface area (Å²) in [6.45, 7) is 4.43. The van der Waals surface area contributed by atoms with Crippen LogP contribution >= 0.6 is 0 Å². The monoisotopic (exact) mass is 242 g/mol.